The van der Waals surface area contributed by atoms with Gasteiger partial charge in [-0.05, 0) is 19.9 Å². The van der Waals surface area contributed by atoms with Gasteiger partial charge in [0.25, 0.3) is 5.91 Å². The fourth-order valence-electron chi connectivity index (χ4n) is 1.45. The van der Waals surface area contributed by atoms with E-state index in [0.717, 1.165) is 6.20 Å². The van der Waals surface area contributed by atoms with Gasteiger partial charge in [-0.2, -0.15) is 5.10 Å². The molecule has 0 radical (unpaired) electrons. The van der Waals surface area contributed by atoms with Gasteiger partial charge >= 0.3 is 0 Å². The number of halogens is 1. The van der Waals surface area contributed by atoms with Crippen LogP contribution in [-0.2, 0) is 0 Å². The lowest BCUT2D eigenvalue weighted by molar-refractivity contribution is 0.0934. The summed E-state index contributed by atoms with van der Waals surface area (Å²) in [7, 11) is 0. The fourth-order valence-corrected chi connectivity index (χ4v) is 1.45. The molecule has 18 heavy (non-hydrogen) atoms. The average Bonchev–Trinajstić information content (AvgIpc) is 2.76. The number of rotatable bonds is 3. The van der Waals surface area contributed by atoms with Crippen LogP contribution in [0, 0.1) is 12.7 Å². The summed E-state index contributed by atoms with van der Waals surface area (Å²) in [4.78, 5) is 19.5. The van der Waals surface area contributed by atoms with Crippen molar-refractivity contribution in [1.29, 1.82) is 0 Å². The first kappa shape index (κ1) is 12.2. The summed E-state index contributed by atoms with van der Waals surface area (Å²) in [6, 6.07) is 0.913. The summed E-state index contributed by atoms with van der Waals surface area (Å²) in [6.45, 7) is 3.48. The standard InChI is InChI=1S/C11H12FN5O/c1-6(10-15-7(2)16-17-10)14-11(18)8-3-4-13-5-9(8)12/h3-6H,1-2H3,(H,14,18)(H,15,16,17). The number of pyridine rings is 1. The third kappa shape index (κ3) is 2.50. The van der Waals surface area contributed by atoms with Crippen LogP contribution in [-0.4, -0.2) is 26.1 Å². The third-order valence-corrected chi connectivity index (χ3v) is 2.37. The monoisotopic (exact) mass is 249 g/mol. The average molecular weight is 249 g/mol. The van der Waals surface area contributed by atoms with E-state index in [4.69, 9.17) is 0 Å². The minimum absolute atomic E-state index is 0.0518. The lowest BCUT2D eigenvalue weighted by Crippen LogP contribution is -2.28. The van der Waals surface area contributed by atoms with Crippen molar-refractivity contribution >= 4 is 5.91 Å². The van der Waals surface area contributed by atoms with Crippen molar-refractivity contribution in [3.63, 3.8) is 0 Å². The van der Waals surface area contributed by atoms with Crippen LogP contribution in [0.15, 0.2) is 18.5 Å². The van der Waals surface area contributed by atoms with Gasteiger partial charge in [0.2, 0.25) is 0 Å². The van der Waals surface area contributed by atoms with Gasteiger partial charge in [0.1, 0.15) is 5.82 Å². The Kier molecular flexibility index (Phi) is 3.31. The van der Waals surface area contributed by atoms with E-state index in [0.29, 0.717) is 11.6 Å². The topological polar surface area (TPSA) is 83.6 Å². The molecule has 1 unspecified atom stereocenters. The highest BCUT2D eigenvalue weighted by atomic mass is 19.1. The second-order valence-electron chi connectivity index (χ2n) is 3.83. The number of aromatic amines is 1. The zero-order chi connectivity index (χ0) is 13.1. The third-order valence-electron chi connectivity index (χ3n) is 2.37. The van der Waals surface area contributed by atoms with Crippen molar-refractivity contribution in [2.24, 2.45) is 0 Å². The van der Waals surface area contributed by atoms with Gasteiger partial charge in [0.05, 0.1) is 17.8 Å². The van der Waals surface area contributed by atoms with Gasteiger partial charge in [-0.25, -0.2) is 9.37 Å². The predicted molar refractivity (Wildman–Crippen MR) is 61.2 cm³/mol. The van der Waals surface area contributed by atoms with Gasteiger partial charge in [-0.1, -0.05) is 0 Å². The van der Waals surface area contributed by atoms with Crippen molar-refractivity contribution in [3.05, 3.63) is 41.5 Å². The summed E-state index contributed by atoms with van der Waals surface area (Å²) in [5.74, 6) is -0.0743. The Labute approximate surface area is 103 Å². The first-order valence-electron chi connectivity index (χ1n) is 5.37. The molecule has 1 atom stereocenters. The molecule has 2 N–H and O–H groups in total. The zero-order valence-electron chi connectivity index (χ0n) is 9.94. The van der Waals surface area contributed by atoms with Gasteiger partial charge in [0, 0.05) is 6.20 Å². The highest BCUT2D eigenvalue weighted by molar-refractivity contribution is 5.94. The van der Waals surface area contributed by atoms with E-state index in [2.05, 4.69) is 25.5 Å². The minimum Gasteiger partial charge on any atom is -0.342 e. The molecule has 2 rings (SSSR count). The van der Waals surface area contributed by atoms with E-state index in [-0.39, 0.29) is 5.56 Å². The number of carbonyl (C=O) groups is 1. The molecule has 0 saturated carbocycles. The minimum atomic E-state index is -0.659. The summed E-state index contributed by atoms with van der Waals surface area (Å²) in [5, 5.41) is 9.22. The number of hydrogen-bond donors (Lipinski definition) is 2. The van der Waals surface area contributed by atoms with Crippen LogP contribution in [0.2, 0.25) is 0 Å². The number of carbonyl (C=O) groups excluding carboxylic acids is 1. The molecule has 0 aliphatic carbocycles. The smallest absolute Gasteiger partial charge is 0.254 e. The molecule has 0 spiro atoms. The van der Waals surface area contributed by atoms with Crippen LogP contribution in [0.1, 0.15) is 35.0 Å². The van der Waals surface area contributed by atoms with Crippen molar-refractivity contribution in [3.8, 4) is 0 Å². The second kappa shape index (κ2) is 4.91. The quantitative estimate of drug-likeness (QED) is 0.854. The van der Waals surface area contributed by atoms with Gasteiger partial charge in [-0.15, -0.1) is 0 Å². The lowest BCUT2D eigenvalue weighted by Gasteiger charge is -2.10. The number of nitrogens with zero attached hydrogens (tertiary/aromatic N) is 3. The Balaban J connectivity index is 2.10. The van der Waals surface area contributed by atoms with E-state index >= 15 is 0 Å². The van der Waals surface area contributed by atoms with Crippen LogP contribution >= 0.6 is 0 Å². The second-order valence-corrected chi connectivity index (χ2v) is 3.83. The number of hydrogen-bond acceptors (Lipinski definition) is 4. The molecule has 2 heterocycles. The highest BCUT2D eigenvalue weighted by Gasteiger charge is 2.17. The van der Waals surface area contributed by atoms with E-state index in [1.54, 1.807) is 13.8 Å². The number of nitrogens with one attached hydrogen (secondary N) is 2. The largest absolute Gasteiger partial charge is 0.342 e. The SMILES string of the molecule is Cc1nc(C(C)NC(=O)c2ccncc2F)n[nH]1. The molecule has 2 aromatic rings. The Morgan fingerprint density at radius 3 is 2.94 bits per heavy atom. The van der Waals surface area contributed by atoms with E-state index < -0.39 is 17.8 Å². The Bertz CT molecular complexity index is 568. The number of aromatic nitrogens is 4. The molecular weight excluding hydrogens is 237 g/mol. The molecule has 6 nitrogen and oxygen atoms in total. The molecule has 1 amide bonds. The Hall–Kier alpha value is -2.31. The number of aryl methyl sites for hydroxylation is 1. The van der Waals surface area contributed by atoms with Crippen LogP contribution in [0.3, 0.4) is 0 Å². The maximum absolute atomic E-state index is 13.3. The summed E-state index contributed by atoms with van der Waals surface area (Å²) in [5.41, 5.74) is -0.0518. The molecule has 0 aliphatic rings. The zero-order valence-corrected chi connectivity index (χ0v) is 9.94. The molecule has 0 aromatic carbocycles. The van der Waals surface area contributed by atoms with Gasteiger partial charge in [0.15, 0.2) is 11.6 Å². The van der Waals surface area contributed by atoms with Crippen molar-refractivity contribution in [1.82, 2.24) is 25.5 Å². The maximum Gasteiger partial charge on any atom is 0.254 e. The molecule has 94 valence electrons. The normalized spacial score (nSPS) is 12.2. The first-order chi connectivity index (χ1) is 8.58. The molecule has 0 bridgehead atoms. The van der Waals surface area contributed by atoms with Crippen LogP contribution in [0.5, 0.6) is 0 Å². The van der Waals surface area contributed by atoms with Crippen molar-refractivity contribution < 1.29 is 9.18 Å². The van der Waals surface area contributed by atoms with Gasteiger partial charge < -0.3 is 5.32 Å². The fraction of sp³-hybridized carbons (Fsp3) is 0.273. The van der Waals surface area contributed by atoms with E-state index in [9.17, 15) is 9.18 Å². The molecule has 0 fully saturated rings. The Morgan fingerprint density at radius 2 is 2.33 bits per heavy atom. The van der Waals surface area contributed by atoms with Crippen molar-refractivity contribution in [2.45, 2.75) is 19.9 Å². The lowest BCUT2D eigenvalue weighted by atomic mass is 10.2. The van der Waals surface area contributed by atoms with Crippen LogP contribution in [0.4, 0.5) is 4.39 Å². The molecule has 2 aromatic heterocycles. The van der Waals surface area contributed by atoms with E-state index in [1.807, 2.05) is 0 Å². The van der Waals surface area contributed by atoms with Crippen molar-refractivity contribution in [2.75, 3.05) is 0 Å². The number of amides is 1. The van der Waals surface area contributed by atoms with Gasteiger partial charge in [-0.3, -0.25) is 14.9 Å². The molecule has 0 saturated heterocycles. The van der Waals surface area contributed by atoms with Crippen LogP contribution < -0.4 is 5.32 Å². The summed E-state index contributed by atoms with van der Waals surface area (Å²) < 4.78 is 13.3. The molecular formula is C11H12FN5O. The number of H-pyrrole nitrogens is 1. The first-order valence-corrected chi connectivity index (χ1v) is 5.37. The molecule has 7 heteroatoms. The predicted octanol–water partition coefficient (Wildman–Crippen LogP) is 1.14. The summed E-state index contributed by atoms with van der Waals surface area (Å²) in [6.07, 6.45) is 2.36. The molecule has 0 aliphatic heterocycles. The van der Waals surface area contributed by atoms with E-state index in [1.165, 1.54) is 12.3 Å². The maximum atomic E-state index is 13.3. The highest BCUT2D eigenvalue weighted by Crippen LogP contribution is 2.09. The summed E-state index contributed by atoms with van der Waals surface area (Å²) >= 11 is 0. The Morgan fingerprint density at radius 1 is 1.56 bits per heavy atom. The van der Waals surface area contributed by atoms with Crippen LogP contribution in [0.25, 0.3) is 0 Å².